The number of halogens is 1. The second-order valence-corrected chi connectivity index (χ2v) is 7.93. The van der Waals surface area contributed by atoms with E-state index in [1.165, 1.54) is 23.5 Å². The summed E-state index contributed by atoms with van der Waals surface area (Å²) in [6.07, 6.45) is 1.49. The molecule has 1 aromatic heterocycles. The van der Waals surface area contributed by atoms with Crippen LogP contribution in [0.3, 0.4) is 0 Å². The van der Waals surface area contributed by atoms with Crippen LogP contribution < -0.4 is 15.4 Å². The largest absolute Gasteiger partial charge is 0.337 e. The number of hydrogen-bond acceptors (Lipinski definition) is 6. The first-order valence-corrected chi connectivity index (χ1v) is 9.55. The predicted octanol–water partition coefficient (Wildman–Crippen LogP) is 1.72. The standard InChI is InChI=1S/C13H16FN5O3S2/c1-8-17-18-12(23-8)5-6-15-13(20)16-11-7-9(3-4-10(11)14)19-24(2,21)22/h3-4,7,19H,5-6H2,1-2H3,(H2,15,16,20). The lowest BCUT2D eigenvalue weighted by Crippen LogP contribution is -2.30. The van der Waals surface area contributed by atoms with Gasteiger partial charge in [0, 0.05) is 13.0 Å². The third kappa shape index (κ3) is 5.74. The normalized spacial score (nSPS) is 11.1. The number of urea groups is 1. The molecule has 2 aromatic rings. The summed E-state index contributed by atoms with van der Waals surface area (Å²) >= 11 is 1.43. The number of aromatic nitrogens is 2. The molecule has 0 aliphatic heterocycles. The smallest absolute Gasteiger partial charge is 0.319 e. The Bertz CT molecular complexity index is 838. The zero-order valence-corrected chi connectivity index (χ0v) is 14.6. The van der Waals surface area contributed by atoms with Crippen molar-refractivity contribution in [2.75, 3.05) is 22.8 Å². The minimum atomic E-state index is -3.49. The van der Waals surface area contributed by atoms with E-state index in [-0.39, 0.29) is 11.4 Å². The number of nitrogens with zero attached hydrogens (tertiary/aromatic N) is 2. The summed E-state index contributed by atoms with van der Waals surface area (Å²) in [4.78, 5) is 11.8. The number of anilines is 2. The first kappa shape index (κ1) is 18.1. The van der Waals surface area contributed by atoms with Crippen molar-refractivity contribution in [1.82, 2.24) is 15.5 Å². The summed E-state index contributed by atoms with van der Waals surface area (Å²) in [5, 5.41) is 14.3. The average molecular weight is 373 g/mol. The van der Waals surface area contributed by atoms with Crippen LogP contribution in [0.2, 0.25) is 0 Å². The first-order valence-electron chi connectivity index (χ1n) is 6.84. The van der Waals surface area contributed by atoms with E-state index in [1.807, 2.05) is 6.92 Å². The van der Waals surface area contributed by atoms with Crippen LogP contribution in [0, 0.1) is 12.7 Å². The van der Waals surface area contributed by atoms with E-state index in [2.05, 4.69) is 25.6 Å². The van der Waals surface area contributed by atoms with E-state index in [0.717, 1.165) is 22.3 Å². The van der Waals surface area contributed by atoms with Gasteiger partial charge in [0.2, 0.25) is 10.0 Å². The zero-order chi connectivity index (χ0) is 17.7. The summed E-state index contributed by atoms with van der Waals surface area (Å²) in [5.74, 6) is -0.677. The van der Waals surface area contributed by atoms with E-state index in [4.69, 9.17) is 0 Å². The van der Waals surface area contributed by atoms with Gasteiger partial charge in [0.25, 0.3) is 0 Å². The van der Waals surface area contributed by atoms with Gasteiger partial charge in [-0.2, -0.15) is 0 Å². The van der Waals surface area contributed by atoms with Gasteiger partial charge >= 0.3 is 6.03 Å². The molecule has 11 heteroatoms. The number of nitrogens with one attached hydrogen (secondary N) is 3. The topological polar surface area (TPSA) is 113 Å². The van der Waals surface area contributed by atoms with Crippen molar-refractivity contribution in [3.8, 4) is 0 Å². The Balaban J connectivity index is 1.91. The number of carbonyl (C=O) groups is 1. The minimum Gasteiger partial charge on any atom is -0.337 e. The highest BCUT2D eigenvalue weighted by molar-refractivity contribution is 7.92. The van der Waals surface area contributed by atoms with E-state index in [9.17, 15) is 17.6 Å². The number of carbonyl (C=O) groups excluding carboxylic acids is 1. The third-order valence-electron chi connectivity index (χ3n) is 2.71. The molecule has 2 amide bonds. The molecule has 0 saturated carbocycles. The molecule has 0 aliphatic carbocycles. The van der Waals surface area contributed by atoms with E-state index >= 15 is 0 Å². The Hall–Kier alpha value is -2.27. The molecule has 0 aliphatic rings. The lowest BCUT2D eigenvalue weighted by Gasteiger charge is -2.10. The molecule has 1 heterocycles. The van der Waals surface area contributed by atoms with Crippen molar-refractivity contribution < 1.29 is 17.6 Å². The number of aryl methyl sites for hydroxylation is 1. The fraction of sp³-hybridized carbons (Fsp3) is 0.308. The maximum atomic E-state index is 13.7. The van der Waals surface area contributed by atoms with Crippen LogP contribution in [0.4, 0.5) is 20.6 Å². The maximum Gasteiger partial charge on any atom is 0.319 e. The van der Waals surface area contributed by atoms with Crippen molar-refractivity contribution in [1.29, 1.82) is 0 Å². The van der Waals surface area contributed by atoms with Crippen molar-refractivity contribution in [2.24, 2.45) is 0 Å². The number of sulfonamides is 1. The molecule has 2 rings (SSSR count). The van der Waals surface area contributed by atoms with Crippen LogP contribution in [0.5, 0.6) is 0 Å². The van der Waals surface area contributed by atoms with E-state index < -0.39 is 21.9 Å². The fourth-order valence-electron chi connectivity index (χ4n) is 1.79. The molecule has 0 radical (unpaired) electrons. The highest BCUT2D eigenvalue weighted by Gasteiger charge is 2.10. The molecule has 1 aromatic carbocycles. The monoisotopic (exact) mass is 373 g/mol. The van der Waals surface area contributed by atoms with Gasteiger partial charge in [-0.05, 0) is 25.1 Å². The summed E-state index contributed by atoms with van der Waals surface area (Å²) in [5.41, 5.74) is 0.0199. The van der Waals surface area contributed by atoms with Crippen LogP contribution in [0.1, 0.15) is 10.0 Å². The first-order chi connectivity index (χ1) is 11.2. The van der Waals surface area contributed by atoms with Crippen molar-refractivity contribution >= 4 is 38.8 Å². The van der Waals surface area contributed by atoms with Gasteiger partial charge in [0.15, 0.2) is 0 Å². The van der Waals surface area contributed by atoms with Crippen molar-refractivity contribution in [3.63, 3.8) is 0 Å². The lowest BCUT2D eigenvalue weighted by molar-refractivity contribution is 0.252. The highest BCUT2D eigenvalue weighted by Crippen LogP contribution is 2.20. The molecule has 0 atom stereocenters. The van der Waals surface area contributed by atoms with Gasteiger partial charge in [-0.15, -0.1) is 21.5 Å². The number of amides is 2. The number of hydrogen-bond donors (Lipinski definition) is 3. The molecular formula is C13H16FN5O3S2. The number of benzene rings is 1. The molecule has 0 saturated heterocycles. The Morgan fingerprint density at radius 3 is 2.71 bits per heavy atom. The second kappa shape index (κ2) is 7.53. The van der Waals surface area contributed by atoms with Gasteiger partial charge in [-0.25, -0.2) is 17.6 Å². The Kier molecular flexibility index (Phi) is 5.67. The van der Waals surface area contributed by atoms with E-state index in [0.29, 0.717) is 13.0 Å². The summed E-state index contributed by atoms with van der Waals surface area (Å²) in [7, 11) is -3.49. The Morgan fingerprint density at radius 2 is 2.08 bits per heavy atom. The lowest BCUT2D eigenvalue weighted by atomic mass is 10.2. The molecule has 0 fully saturated rings. The summed E-state index contributed by atoms with van der Waals surface area (Å²) in [6, 6.07) is 2.92. The Labute approximate surface area is 142 Å². The summed E-state index contributed by atoms with van der Waals surface area (Å²) in [6.45, 7) is 2.14. The van der Waals surface area contributed by atoms with Gasteiger partial charge < -0.3 is 10.6 Å². The molecule has 0 spiro atoms. The van der Waals surface area contributed by atoms with Crippen LogP contribution in [-0.2, 0) is 16.4 Å². The van der Waals surface area contributed by atoms with Crippen LogP contribution in [-0.4, -0.2) is 37.4 Å². The van der Waals surface area contributed by atoms with Crippen molar-refractivity contribution in [2.45, 2.75) is 13.3 Å². The molecule has 3 N–H and O–H groups in total. The summed E-state index contributed by atoms with van der Waals surface area (Å²) < 4.78 is 38.3. The highest BCUT2D eigenvalue weighted by atomic mass is 32.2. The van der Waals surface area contributed by atoms with Crippen LogP contribution >= 0.6 is 11.3 Å². The molecule has 0 unspecified atom stereocenters. The van der Waals surface area contributed by atoms with Gasteiger partial charge in [-0.3, -0.25) is 4.72 Å². The van der Waals surface area contributed by atoms with Crippen LogP contribution in [0.15, 0.2) is 18.2 Å². The predicted molar refractivity (Wildman–Crippen MR) is 90.2 cm³/mol. The average Bonchev–Trinajstić information content (AvgIpc) is 2.86. The fourth-order valence-corrected chi connectivity index (χ4v) is 3.05. The third-order valence-corrected chi connectivity index (χ3v) is 4.22. The minimum absolute atomic E-state index is 0.132. The quantitative estimate of drug-likeness (QED) is 0.714. The SMILES string of the molecule is Cc1nnc(CCNC(=O)Nc2cc(NS(C)(=O)=O)ccc2F)s1. The molecule has 0 bridgehead atoms. The van der Waals surface area contributed by atoms with E-state index in [1.54, 1.807) is 0 Å². The van der Waals surface area contributed by atoms with Gasteiger partial charge in [0.05, 0.1) is 17.6 Å². The zero-order valence-electron chi connectivity index (χ0n) is 13.0. The van der Waals surface area contributed by atoms with Crippen molar-refractivity contribution in [3.05, 3.63) is 34.0 Å². The Morgan fingerprint density at radius 1 is 1.33 bits per heavy atom. The molecule has 8 nitrogen and oxygen atoms in total. The maximum absolute atomic E-state index is 13.7. The molecule has 130 valence electrons. The number of rotatable bonds is 6. The second-order valence-electron chi connectivity index (χ2n) is 4.91. The van der Waals surface area contributed by atoms with Gasteiger partial charge in [0.1, 0.15) is 15.8 Å². The molecular weight excluding hydrogens is 357 g/mol. The van der Waals surface area contributed by atoms with Gasteiger partial charge in [-0.1, -0.05) is 0 Å². The van der Waals surface area contributed by atoms with Crippen LogP contribution in [0.25, 0.3) is 0 Å². The molecule has 24 heavy (non-hydrogen) atoms.